The van der Waals surface area contributed by atoms with Crippen molar-refractivity contribution in [1.82, 2.24) is 9.62 Å². The molecule has 2 aromatic rings. The molecule has 0 unspecified atom stereocenters. The summed E-state index contributed by atoms with van der Waals surface area (Å²) >= 11 is 5.83. The highest BCUT2D eigenvalue weighted by Gasteiger charge is 2.33. The van der Waals surface area contributed by atoms with Crippen LogP contribution in [-0.2, 0) is 14.8 Å². The van der Waals surface area contributed by atoms with Gasteiger partial charge in [-0.05, 0) is 61.4 Å². The first-order valence-electron chi connectivity index (χ1n) is 9.70. The molecule has 9 heteroatoms. The number of nitrogens with zero attached hydrogens (tertiary/aromatic N) is 1. The number of benzene rings is 2. The van der Waals surface area contributed by atoms with E-state index < -0.39 is 10.0 Å². The number of carbonyl (C=O) groups is 1. The number of halogens is 1. The van der Waals surface area contributed by atoms with Crippen LogP contribution in [0.25, 0.3) is 0 Å². The molecule has 1 aliphatic rings. The molecule has 0 bridgehead atoms. The summed E-state index contributed by atoms with van der Waals surface area (Å²) in [6.07, 6.45) is 1.28. The van der Waals surface area contributed by atoms with Gasteiger partial charge >= 0.3 is 0 Å². The molecule has 1 atom stereocenters. The van der Waals surface area contributed by atoms with E-state index in [2.05, 4.69) is 5.32 Å². The molecule has 1 amide bonds. The monoisotopic (exact) mass is 452 g/mol. The van der Waals surface area contributed by atoms with Crippen LogP contribution in [-0.4, -0.2) is 52.0 Å². The topological polar surface area (TPSA) is 84.9 Å². The van der Waals surface area contributed by atoms with Gasteiger partial charge in [0.25, 0.3) is 0 Å². The van der Waals surface area contributed by atoms with E-state index >= 15 is 0 Å². The molecule has 1 fully saturated rings. The molecule has 7 nitrogen and oxygen atoms in total. The van der Waals surface area contributed by atoms with E-state index in [-0.39, 0.29) is 23.3 Å². The van der Waals surface area contributed by atoms with Crippen molar-refractivity contribution in [3.63, 3.8) is 0 Å². The molecule has 0 saturated carbocycles. The second kappa shape index (κ2) is 10.1. The maximum absolute atomic E-state index is 12.9. The van der Waals surface area contributed by atoms with Crippen molar-refractivity contribution >= 4 is 27.5 Å². The molecular formula is C21H25ClN2O5S. The summed E-state index contributed by atoms with van der Waals surface area (Å²) < 4.78 is 37.9. The number of rotatable bonds is 8. The third-order valence-corrected chi connectivity index (χ3v) is 7.07. The second-order valence-electron chi connectivity index (χ2n) is 6.97. The summed E-state index contributed by atoms with van der Waals surface area (Å²) in [6.45, 7) is 1.22. The Hall–Kier alpha value is -2.29. The van der Waals surface area contributed by atoms with Gasteiger partial charge in [-0.1, -0.05) is 11.6 Å². The number of ether oxygens (including phenoxy) is 2. The quantitative estimate of drug-likeness (QED) is 0.622. The lowest BCUT2D eigenvalue weighted by molar-refractivity contribution is -0.126. The molecule has 3 rings (SSSR count). The van der Waals surface area contributed by atoms with Crippen LogP contribution in [0.15, 0.2) is 53.4 Å². The highest BCUT2D eigenvalue weighted by molar-refractivity contribution is 7.89. The number of carbonyl (C=O) groups excluding carboxylic acids is 1. The summed E-state index contributed by atoms with van der Waals surface area (Å²) in [6, 6.07) is 13.2. The molecule has 1 heterocycles. The van der Waals surface area contributed by atoms with Crippen molar-refractivity contribution in [1.29, 1.82) is 0 Å². The molecule has 0 aliphatic carbocycles. The van der Waals surface area contributed by atoms with Crippen LogP contribution in [0.5, 0.6) is 11.5 Å². The molecule has 1 aliphatic heterocycles. The fraction of sp³-hybridized carbons (Fsp3) is 0.381. The van der Waals surface area contributed by atoms with Gasteiger partial charge in [-0.2, -0.15) is 4.31 Å². The van der Waals surface area contributed by atoms with Crippen LogP contribution in [0.1, 0.15) is 12.8 Å². The molecule has 30 heavy (non-hydrogen) atoms. The first kappa shape index (κ1) is 22.4. The van der Waals surface area contributed by atoms with Gasteiger partial charge in [0, 0.05) is 18.1 Å². The Balaban J connectivity index is 1.51. The number of piperidine rings is 1. The lowest BCUT2D eigenvalue weighted by atomic mass is 9.99. The van der Waals surface area contributed by atoms with E-state index in [1.165, 1.54) is 23.5 Å². The summed E-state index contributed by atoms with van der Waals surface area (Å²) in [7, 11) is -2.13. The molecule has 0 aromatic heterocycles. The van der Waals surface area contributed by atoms with E-state index in [1.807, 2.05) is 0 Å². The van der Waals surface area contributed by atoms with Crippen molar-refractivity contribution < 1.29 is 22.7 Å². The van der Waals surface area contributed by atoms with Crippen LogP contribution >= 0.6 is 11.6 Å². The Morgan fingerprint density at radius 3 is 2.47 bits per heavy atom. The van der Waals surface area contributed by atoms with Gasteiger partial charge in [0.2, 0.25) is 15.9 Å². The minimum atomic E-state index is -3.66. The Labute approximate surface area is 182 Å². The predicted molar refractivity (Wildman–Crippen MR) is 114 cm³/mol. The zero-order valence-corrected chi connectivity index (χ0v) is 18.3. The zero-order chi connectivity index (χ0) is 21.6. The van der Waals surface area contributed by atoms with Crippen molar-refractivity contribution in [2.24, 2.45) is 5.92 Å². The first-order valence-corrected chi connectivity index (χ1v) is 11.5. The van der Waals surface area contributed by atoms with Gasteiger partial charge in [0.15, 0.2) is 0 Å². The third kappa shape index (κ3) is 5.65. The van der Waals surface area contributed by atoms with Gasteiger partial charge in [0.05, 0.1) is 24.5 Å². The summed E-state index contributed by atoms with van der Waals surface area (Å²) in [5.74, 6) is 0.709. The number of amides is 1. The average Bonchev–Trinajstić information content (AvgIpc) is 2.78. The average molecular weight is 453 g/mol. The number of nitrogens with one attached hydrogen (secondary N) is 1. The fourth-order valence-corrected chi connectivity index (χ4v) is 4.94. The van der Waals surface area contributed by atoms with Gasteiger partial charge in [-0.25, -0.2) is 8.42 Å². The predicted octanol–water partition coefficient (Wildman–Crippen LogP) is 2.94. The molecule has 2 aromatic carbocycles. The highest BCUT2D eigenvalue weighted by atomic mass is 35.5. The zero-order valence-electron chi connectivity index (χ0n) is 16.7. The van der Waals surface area contributed by atoms with Crippen LogP contribution in [0.4, 0.5) is 0 Å². The maximum Gasteiger partial charge on any atom is 0.243 e. The largest absolute Gasteiger partial charge is 0.497 e. The van der Waals surface area contributed by atoms with Crippen molar-refractivity contribution in [3.8, 4) is 11.5 Å². The molecule has 0 radical (unpaired) electrons. The Kier molecular flexibility index (Phi) is 7.58. The van der Waals surface area contributed by atoms with E-state index in [0.717, 1.165) is 0 Å². The van der Waals surface area contributed by atoms with Crippen LogP contribution in [0.3, 0.4) is 0 Å². The van der Waals surface area contributed by atoms with Crippen molar-refractivity contribution in [2.75, 3.05) is 33.4 Å². The van der Waals surface area contributed by atoms with E-state index in [9.17, 15) is 13.2 Å². The Morgan fingerprint density at radius 2 is 1.80 bits per heavy atom. The van der Waals surface area contributed by atoms with Crippen molar-refractivity contribution in [3.05, 3.63) is 53.6 Å². The molecule has 162 valence electrons. The molecule has 1 saturated heterocycles. The number of methoxy groups -OCH3 is 1. The SMILES string of the molecule is COc1ccc(S(=O)(=O)N2CCC[C@H](C(=O)NCCOc3ccc(Cl)cc3)C2)cc1. The minimum Gasteiger partial charge on any atom is -0.497 e. The Bertz CT molecular complexity index is 948. The number of sulfonamides is 1. The van der Waals surface area contributed by atoms with E-state index in [0.29, 0.717) is 49.1 Å². The van der Waals surface area contributed by atoms with Gasteiger partial charge in [-0.15, -0.1) is 0 Å². The van der Waals surface area contributed by atoms with Gasteiger partial charge in [0.1, 0.15) is 18.1 Å². The summed E-state index contributed by atoms with van der Waals surface area (Å²) in [4.78, 5) is 12.7. The standard InChI is InChI=1S/C21H25ClN2O5S/c1-28-18-8-10-20(11-9-18)30(26,27)24-13-2-3-16(15-24)21(25)23-12-14-29-19-6-4-17(22)5-7-19/h4-11,16H,2-3,12-15H2,1H3,(H,23,25)/t16-/m0/s1. The van der Waals surface area contributed by atoms with Gasteiger partial charge < -0.3 is 14.8 Å². The summed E-state index contributed by atoms with van der Waals surface area (Å²) in [5.41, 5.74) is 0. The number of hydrogen-bond donors (Lipinski definition) is 1. The number of hydrogen-bond acceptors (Lipinski definition) is 5. The Morgan fingerprint density at radius 1 is 1.13 bits per heavy atom. The molecule has 0 spiro atoms. The van der Waals surface area contributed by atoms with Gasteiger partial charge in [-0.3, -0.25) is 4.79 Å². The van der Waals surface area contributed by atoms with E-state index in [1.54, 1.807) is 36.4 Å². The smallest absolute Gasteiger partial charge is 0.243 e. The fourth-order valence-electron chi connectivity index (χ4n) is 3.29. The molecule has 1 N–H and O–H groups in total. The molecular weight excluding hydrogens is 428 g/mol. The lowest BCUT2D eigenvalue weighted by Gasteiger charge is -2.31. The minimum absolute atomic E-state index is 0.163. The first-order chi connectivity index (χ1) is 14.4. The van der Waals surface area contributed by atoms with E-state index in [4.69, 9.17) is 21.1 Å². The highest BCUT2D eigenvalue weighted by Crippen LogP contribution is 2.25. The van der Waals surface area contributed by atoms with Crippen LogP contribution in [0.2, 0.25) is 5.02 Å². The van der Waals surface area contributed by atoms with Crippen LogP contribution < -0.4 is 14.8 Å². The maximum atomic E-state index is 12.9. The van der Waals surface area contributed by atoms with Crippen molar-refractivity contribution in [2.45, 2.75) is 17.7 Å². The third-order valence-electron chi connectivity index (χ3n) is 4.94. The van der Waals surface area contributed by atoms with Crippen LogP contribution in [0, 0.1) is 5.92 Å². The summed E-state index contributed by atoms with van der Waals surface area (Å²) in [5, 5.41) is 3.46. The lowest BCUT2D eigenvalue weighted by Crippen LogP contribution is -2.45. The normalized spacial score (nSPS) is 17.3. The second-order valence-corrected chi connectivity index (χ2v) is 9.35.